The molecule has 0 N–H and O–H groups in total. The van der Waals surface area contributed by atoms with Gasteiger partial charge in [0, 0.05) is 5.56 Å². The Morgan fingerprint density at radius 1 is 1.00 bits per heavy atom. The summed E-state index contributed by atoms with van der Waals surface area (Å²) in [7, 11) is 0. The van der Waals surface area contributed by atoms with Gasteiger partial charge in [-0.2, -0.15) is 10.4 Å². The van der Waals surface area contributed by atoms with Gasteiger partial charge in [-0.15, -0.1) is 10.2 Å². The zero-order valence-electron chi connectivity index (χ0n) is 10.5. The average Bonchev–Trinajstić information content (AvgIpc) is 2.86. The van der Waals surface area contributed by atoms with Gasteiger partial charge < -0.3 is 0 Å². The zero-order chi connectivity index (χ0) is 14.8. The minimum absolute atomic E-state index is 0.188. The molecule has 0 aliphatic heterocycles. The summed E-state index contributed by atoms with van der Waals surface area (Å²) in [6, 6.07) is 14.6. The minimum Gasteiger partial charge on any atom is -0.200 e. The van der Waals surface area contributed by atoms with E-state index in [1.54, 1.807) is 12.1 Å². The van der Waals surface area contributed by atoms with Crippen molar-refractivity contribution in [3.63, 3.8) is 0 Å². The Bertz CT molecular complexity index is 819. The second-order valence-electron chi connectivity index (χ2n) is 4.12. The number of benzene rings is 1. The number of hydrogen-bond donors (Lipinski definition) is 0. The van der Waals surface area contributed by atoms with Crippen LogP contribution < -0.4 is 0 Å². The number of aromatic nitrogens is 4. The van der Waals surface area contributed by atoms with Crippen molar-refractivity contribution in [1.29, 1.82) is 5.26 Å². The molecule has 0 bridgehead atoms. The van der Waals surface area contributed by atoms with E-state index >= 15 is 0 Å². The predicted octanol–water partition coefficient (Wildman–Crippen LogP) is 3.51. The van der Waals surface area contributed by atoms with Crippen LogP contribution >= 0.6 is 23.2 Å². The molecule has 21 heavy (non-hydrogen) atoms. The Morgan fingerprint density at radius 3 is 2.38 bits per heavy atom. The van der Waals surface area contributed by atoms with Crippen molar-refractivity contribution in [2.75, 3.05) is 0 Å². The molecule has 102 valence electrons. The third-order valence-electron chi connectivity index (χ3n) is 2.82. The standard InChI is InChI=1S/C14H7Cl2N5/c15-11-6-7-12(19-18-11)21-14(16)10(8-17)13(20-21)9-4-2-1-3-5-9/h1-7H. The van der Waals surface area contributed by atoms with Crippen molar-refractivity contribution in [1.82, 2.24) is 20.0 Å². The van der Waals surface area contributed by atoms with Crippen molar-refractivity contribution < 1.29 is 0 Å². The highest BCUT2D eigenvalue weighted by Crippen LogP contribution is 2.29. The van der Waals surface area contributed by atoms with Crippen LogP contribution in [0, 0.1) is 11.3 Å². The number of rotatable bonds is 2. The molecule has 1 aromatic carbocycles. The molecule has 0 atom stereocenters. The molecule has 0 radical (unpaired) electrons. The molecule has 5 nitrogen and oxygen atoms in total. The third kappa shape index (κ3) is 2.47. The number of hydrogen-bond acceptors (Lipinski definition) is 4. The largest absolute Gasteiger partial charge is 0.200 e. The quantitative estimate of drug-likeness (QED) is 0.725. The van der Waals surface area contributed by atoms with E-state index < -0.39 is 0 Å². The lowest BCUT2D eigenvalue weighted by Crippen LogP contribution is -2.01. The molecule has 2 heterocycles. The SMILES string of the molecule is N#Cc1c(-c2ccccc2)nn(-c2ccc(Cl)nn2)c1Cl. The molecule has 0 saturated carbocycles. The molecule has 2 aromatic heterocycles. The summed E-state index contributed by atoms with van der Waals surface area (Å²) in [6.45, 7) is 0. The van der Waals surface area contributed by atoms with Gasteiger partial charge in [0.1, 0.15) is 17.3 Å². The molecule has 0 saturated heterocycles. The van der Waals surface area contributed by atoms with Gasteiger partial charge >= 0.3 is 0 Å². The van der Waals surface area contributed by atoms with Gasteiger partial charge in [-0.05, 0) is 12.1 Å². The lowest BCUT2D eigenvalue weighted by molar-refractivity contribution is 0.817. The van der Waals surface area contributed by atoms with Crippen LogP contribution in [0.25, 0.3) is 17.1 Å². The van der Waals surface area contributed by atoms with E-state index in [4.69, 9.17) is 23.2 Å². The van der Waals surface area contributed by atoms with Crippen LogP contribution in [0.4, 0.5) is 0 Å². The van der Waals surface area contributed by atoms with Crippen molar-refractivity contribution in [2.45, 2.75) is 0 Å². The topological polar surface area (TPSA) is 67.4 Å². The minimum atomic E-state index is 0.188. The molecule has 0 unspecified atom stereocenters. The number of halogens is 2. The summed E-state index contributed by atoms with van der Waals surface area (Å²) in [6.07, 6.45) is 0. The Labute approximate surface area is 130 Å². The first kappa shape index (κ1) is 13.6. The van der Waals surface area contributed by atoms with Gasteiger partial charge in [0.2, 0.25) is 0 Å². The maximum atomic E-state index is 9.32. The third-order valence-corrected chi connectivity index (χ3v) is 3.37. The monoisotopic (exact) mass is 315 g/mol. The first-order valence-corrected chi connectivity index (χ1v) is 6.70. The van der Waals surface area contributed by atoms with E-state index in [-0.39, 0.29) is 10.3 Å². The van der Waals surface area contributed by atoms with Crippen LogP contribution in [0.2, 0.25) is 10.3 Å². The Morgan fingerprint density at radius 2 is 1.76 bits per heavy atom. The van der Waals surface area contributed by atoms with E-state index in [1.165, 1.54) is 4.68 Å². The molecule has 0 aliphatic carbocycles. The van der Waals surface area contributed by atoms with Crippen LogP contribution in [-0.2, 0) is 0 Å². The van der Waals surface area contributed by atoms with Crippen LogP contribution in [0.5, 0.6) is 0 Å². The summed E-state index contributed by atoms with van der Waals surface area (Å²) in [5.41, 5.74) is 1.59. The molecular formula is C14H7Cl2N5. The fourth-order valence-corrected chi connectivity index (χ4v) is 2.23. The lowest BCUT2D eigenvalue weighted by atomic mass is 10.1. The van der Waals surface area contributed by atoms with E-state index in [0.717, 1.165) is 5.56 Å². The normalized spacial score (nSPS) is 10.3. The summed E-state index contributed by atoms with van der Waals surface area (Å²) in [4.78, 5) is 0. The van der Waals surface area contributed by atoms with Gasteiger partial charge in [-0.3, -0.25) is 0 Å². The molecule has 3 rings (SSSR count). The first-order chi connectivity index (χ1) is 10.2. The van der Waals surface area contributed by atoms with Crippen molar-refractivity contribution in [2.24, 2.45) is 0 Å². The second kappa shape index (κ2) is 5.52. The highest BCUT2D eigenvalue weighted by atomic mass is 35.5. The molecule has 7 heteroatoms. The van der Waals surface area contributed by atoms with Gasteiger partial charge in [0.25, 0.3) is 0 Å². The second-order valence-corrected chi connectivity index (χ2v) is 4.86. The first-order valence-electron chi connectivity index (χ1n) is 5.94. The summed E-state index contributed by atoms with van der Waals surface area (Å²) >= 11 is 11.9. The van der Waals surface area contributed by atoms with Gasteiger partial charge in [0.15, 0.2) is 16.1 Å². The van der Waals surface area contributed by atoms with E-state index in [0.29, 0.717) is 17.1 Å². The van der Waals surface area contributed by atoms with Gasteiger partial charge in [0.05, 0.1) is 0 Å². The van der Waals surface area contributed by atoms with Crippen LogP contribution in [0.1, 0.15) is 5.56 Å². The van der Waals surface area contributed by atoms with Crippen molar-refractivity contribution >= 4 is 23.2 Å². The van der Waals surface area contributed by atoms with Crippen molar-refractivity contribution in [3.05, 3.63) is 58.3 Å². The maximum absolute atomic E-state index is 9.32. The van der Waals surface area contributed by atoms with Crippen LogP contribution in [-0.4, -0.2) is 20.0 Å². The van der Waals surface area contributed by atoms with E-state index in [9.17, 15) is 5.26 Å². The van der Waals surface area contributed by atoms with E-state index in [1.807, 2.05) is 30.3 Å². The summed E-state index contributed by atoms with van der Waals surface area (Å²) in [5, 5.41) is 21.8. The Hall–Kier alpha value is -2.42. The highest BCUT2D eigenvalue weighted by molar-refractivity contribution is 6.31. The Balaban J connectivity index is 2.19. The molecule has 0 spiro atoms. The molecule has 0 aliphatic rings. The number of nitriles is 1. The highest BCUT2D eigenvalue weighted by Gasteiger charge is 2.19. The fraction of sp³-hybridized carbons (Fsp3) is 0. The zero-order valence-corrected chi connectivity index (χ0v) is 12.0. The van der Waals surface area contributed by atoms with Crippen LogP contribution in [0.15, 0.2) is 42.5 Å². The number of nitrogens with zero attached hydrogens (tertiary/aromatic N) is 5. The fourth-order valence-electron chi connectivity index (χ4n) is 1.87. The maximum Gasteiger partial charge on any atom is 0.177 e. The van der Waals surface area contributed by atoms with Crippen molar-refractivity contribution in [3.8, 4) is 23.1 Å². The average molecular weight is 316 g/mol. The van der Waals surface area contributed by atoms with E-state index in [2.05, 4.69) is 21.4 Å². The lowest BCUT2D eigenvalue weighted by Gasteiger charge is -2.00. The molecule has 3 aromatic rings. The molecular weight excluding hydrogens is 309 g/mol. The van der Waals surface area contributed by atoms with Crippen LogP contribution in [0.3, 0.4) is 0 Å². The predicted molar refractivity (Wildman–Crippen MR) is 79.3 cm³/mol. The van der Waals surface area contributed by atoms with Gasteiger partial charge in [-0.25, -0.2) is 4.68 Å². The summed E-state index contributed by atoms with van der Waals surface area (Å²) < 4.78 is 1.37. The Kier molecular flexibility index (Phi) is 3.57. The molecule has 0 amide bonds. The molecule has 0 fully saturated rings. The summed E-state index contributed by atoms with van der Waals surface area (Å²) in [5.74, 6) is 0.392. The van der Waals surface area contributed by atoms with Gasteiger partial charge in [-0.1, -0.05) is 53.5 Å². The smallest absolute Gasteiger partial charge is 0.177 e.